The van der Waals surface area contributed by atoms with Gasteiger partial charge in [0.25, 0.3) is 0 Å². The van der Waals surface area contributed by atoms with Crippen LogP contribution in [0.5, 0.6) is 0 Å². The van der Waals surface area contributed by atoms with Gasteiger partial charge >= 0.3 is 0 Å². The Morgan fingerprint density at radius 1 is 1.43 bits per heavy atom. The van der Waals surface area contributed by atoms with Gasteiger partial charge in [0.05, 0.1) is 5.69 Å². The topological polar surface area (TPSA) is 55.1 Å². The molecular weight excluding hydrogens is 335 g/mol. The van der Waals surface area contributed by atoms with Crippen molar-refractivity contribution in [2.24, 2.45) is 23.0 Å². The predicted octanol–water partition coefficient (Wildman–Crippen LogP) is 3.93. The van der Waals surface area contributed by atoms with Crippen molar-refractivity contribution < 1.29 is 9.18 Å². The Labute approximate surface area is 133 Å². The molecule has 3 N–H and O–H groups in total. The van der Waals surface area contributed by atoms with Crippen LogP contribution in [0.2, 0.25) is 0 Å². The first-order valence-corrected chi connectivity index (χ1v) is 8.04. The van der Waals surface area contributed by atoms with Crippen LogP contribution in [0, 0.1) is 23.1 Å². The Hall–Kier alpha value is -0.940. The first-order chi connectivity index (χ1) is 9.73. The fraction of sp³-hybridized carbons (Fsp3) is 0.562. The lowest BCUT2D eigenvalue weighted by Crippen LogP contribution is -2.50. The number of halogens is 2. The highest BCUT2D eigenvalue weighted by Gasteiger charge is 2.45. The summed E-state index contributed by atoms with van der Waals surface area (Å²) in [6.07, 6.45) is 1.64. The summed E-state index contributed by atoms with van der Waals surface area (Å²) in [6, 6.07) is 4.40. The molecule has 0 aromatic heterocycles. The maximum absolute atomic E-state index is 13.1. The number of nitrogens with one attached hydrogen (secondary N) is 1. The van der Waals surface area contributed by atoms with Gasteiger partial charge in [-0.3, -0.25) is 4.79 Å². The lowest BCUT2D eigenvalue weighted by molar-refractivity contribution is -0.127. The molecule has 21 heavy (non-hydrogen) atoms. The molecule has 0 saturated heterocycles. The highest BCUT2D eigenvalue weighted by molar-refractivity contribution is 9.10. The van der Waals surface area contributed by atoms with Gasteiger partial charge in [0, 0.05) is 16.4 Å². The number of benzene rings is 1. The van der Waals surface area contributed by atoms with Crippen LogP contribution in [0.25, 0.3) is 0 Å². The second kappa shape index (κ2) is 6.05. The van der Waals surface area contributed by atoms with Crippen LogP contribution in [0.3, 0.4) is 0 Å². The number of hydrogen-bond donors (Lipinski definition) is 2. The van der Waals surface area contributed by atoms with Crippen molar-refractivity contribution in [2.75, 3.05) is 5.32 Å². The van der Waals surface area contributed by atoms with Crippen LogP contribution >= 0.6 is 15.9 Å². The van der Waals surface area contributed by atoms with Crippen molar-refractivity contribution in [1.82, 2.24) is 0 Å². The van der Waals surface area contributed by atoms with Gasteiger partial charge in [-0.1, -0.05) is 20.8 Å². The number of nitrogens with two attached hydrogens (primary N) is 1. The van der Waals surface area contributed by atoms with Crippen molar-refractivity contribution >= 4 is 27.5 Å². The van der Waals surface area contributed by atoms with E-state index in [2.05, 4.69) is 42.0 Å². The molecule has 0 bridgehead atoms. The van der Waals surface area contributed by atoms with E-state index in [1.807, 2.05) is 0 Å². The van der Waals surface area contributed by atoms with Crippen LogP contribution in [-0.2, 0) is 4.79 Å². The molecule has 3 atom stereocenters. The second-order valence-electron chi connectivity index (χ2n) is 6.52. The molecule has 0 spiro atoms. The summed E-state index contributed by atoms with van der Waals surface area (Å²) in [6.45, 7) is 6.30. The molecule has 2 rings (SSSR count). The second-order valence-corrected chi connectivity index (χ2v) is 7.37. The summed E-state index contributed by atoms with van der Waals surface area (Å²) < 4.78 is 13.7. The van der Waals surface area contributed by atoms with Gasteiger partial charge in [-0.05, 0) is 58.3 Å². The summed E-state index contributed by atoms with van der Waals surface area (Å²) in [5.41, 5.74) is 6.57. The smallest absolute Gasteiger partial charge is 0.228 e. The van der Waals surface area contributed by atoms with Crippen molar-refractivity contribution in [1.29, 1.82) is 0 Å². The molecule has 0 radical (unpaired) electrons. The average Bonchev–Trinajstić information content (AvgIpc) is 2.39. The summed E-state index contributed by atoms with van der Waals surface area (Å²) >= 11 is 3.27. The average molecular weight is 357 g/mol. The molecule has 1 aromatic rings. The zero-order valence-corrected chi connectivity index (χ0v) is 14.2. The number of anilines is 1. The van der Waals surface area contributed by atoms with E-state index in [4.69, 9.17) is 5.73 Å². The minimum Gasteiger partial charge on any atom is -0.327 e. The van der Waals surface area contributed by atoms with E-state index in [1.165, 1.54) is 12.1 Å². The van der Waals surface area contributed by atoms with Crippen molar-refractivity contribution in [3.05, 3.63) is 28.5 Å². The zero-order chi connectivity index (χ0) is 15.8. The van der Waals surface area contributed by atoms with Crippen molar-refractivity contribution in [3.8, 4) is 0 Å². The normalized spacial score (nSPS) is 28.2. The van der Waals surface area contributed by atoms with Crippen molar-refractivity contribution in [3.63, 3.8) is 0 Å². The van der Waals surface area contributed by atoms with E-state index in [1.54, 1.807) is 6.07 Å². The molecule has 3 nitrogen and oxygen atoms in total. The molecule has 1 aromatic carbocycles. The molecule has 1 saturated carbocycles. The summed E-state index contributed by atoms with van der Waals surface area (Å²) in [5.74, 6) is -0.175. The van der Waals surface area contributed by atoms with Gasteiger partial charge in [-0.15, -0.1) is 0 Å². The summed E-state index contributed by atoms with van der Waals surface area (Å²) in [5, 5.41) is 2.90. The largest absolute Gasteiger partial charge is 0.327 e. The molecule has 5 heteroatoms. The number of carbonyl (C=O) groups is 1. The molecule has 116 valence electrons. The minimum absolute atomic E-state index is 0.0222. The van der Waals surface area contributed by atoms with E-state index >= 15 is 0 Å². The van der Waals surface area contributed by atoms with Gasteiger partial charge < -0.3 is 11.1 Å². The van der Waals surface area contributed by atoms with Crippen LogP contribution in [0.4, 0.5) is 10.1 Å². The van der Waals surface area contributed by atoms with Crippen molar-refractivity contribution in [2.45, 2.75) is 39.7 Å². The zero-order valence-electron chi connectivity index (χ0n) is 12.6. The van der Waals surface area contributed by atoms with Gasteiger partial charge in [0.1, 0.15) is 5.82 Å². The van der Waals surface area contributed by atoms with E-state index in [9.17, 15) is 9.18 Å². The lowest BCUT2D eigenvalue weighted by atomic mass is 9.61. The van der Waals surface area contributed by atoms with Gasteiger partial charge in [0.15, 0.2) is 0 Å². The molecule has 0 aliphatic heterocycles. The standard InChI is InChI=1S/C16H22BrFN2O/c1-9-13(19)6-5-11(16(9,2)3)15(21)20-14-7-4-10(18)8-12(14)17/h4,7-9,11,13H,5-6,19H2,1-3H3,(H,20,21). The monoisotopic (exact) mass is 356 g/mol. The fourth-order valence-electron chi connectivity index (χ4n) is 3.13. The molecule has 1 amide bonds. The van der Waals surface area contributed by atoms with E-state index in [0.29, 0.717) is 10.2 Å². The third-order valence-corrected chi connectivity index (χ3v) is 5.66. The van der Waals surface area contributed by atoms with Gasteiger partial charge in [0.2, 0.25) is 5.91 Å². The molecular formula is C16H22BrFN2O. The molecule has 3 unspecified atom stereocenters. The third-order valence-electron chi connectivity index (χ3n) is 5.01. The van der Waals surface area contributed by atoms with Crippen LogP contribution < -0.4 is 11.1 Å². The first kappa shape index (κ1) is 16.4. The van der Waals surface area contributed by atoms with Crippen LogP contribution in [0.15, 0.2) is 22.7 Å². The maximum Gasteiger partial charge on any atom is 0.228 e. The molecule has 0 heterocycles. The van der Waals surface area contributed by atoms with Crippen LogP contribution in [0.1, 0.15) is 33.6 Å². The Morgan fingerprint density at radius 3 is 2.71 bits per heavy atom. The minimum atomic E-state index is -0.336. The number of rotatable bonds is 2. The SMILES string of the molecule is CC1C(N)CCC(C(=O)Nc2ccc(F)cc2Br)C1(C)C. The van der Waals surface area contributed by atoms with Gasteiger partial charge in [-0.25, -0.2) is 4.39 Å². The number of hydrogen-bond acceptors (Lipinski definition) is 2. The van der Waals surface area contributed by atoms with Gasteiger partial charge in [-0.2, -0.15) is 0 Å². The highest BCUT2D eigenvalue weighted by Crippen LogP contribution is 2.44. The Kier molecular flexibility index (Phi) is 4.73. The number of carbonyl (C=O) groups excluding carboxylic acids is 1. The van der Waals surface area contributed by atoms with E-state index < -0.39 is 0 Å². The Bertz CT molecular complexity index is 547. The molecule has 1 aliphatic carbocycles. The Balaban J connectivity index is 2.16. The van der Waals surface area contributed by atoms with E-state index in [-0.39, 0.29) is 35.0 Å². The highest BCUT2D eigenvalue weighted by atomic mass is 79.9. The molecule has 1 fully saturated rings. The quantitative estimate of drug-likeness (QED) is 0.843. The third kappa shape index (κ3) is 3.29. The number of amides is 1. The first-order valence-electron chi connectivity index (χ1n) is 7.25. The summed E-state index contributed by atoms with van der Waals surface area (Å²) in [7, 11) is 0. The predicted molar refractivity (Wildman–Crippen MR) is 86.4 cm³/mol. The Morgan fingerprint density at radius 2 is 2.10 bits per heavy atom. The lowest BCUT2D eigenvalue weighted by Gasteiger charge is -2.46. The molecule has 1 aliphatic rings. The summed E-state index contributed by atoms with van der Waals surface area (Å²) in [4.78, 5) is 12.6. The maximum atomic E-state index is 13.1. The van der Waals surface area contributed by atoms with E-state index in [0.717, 1.165) is 12.8 Å². The van der Waals surface area contributed by atoms with Crippen LogP contribution in [-0.4, -0.2) is 11.9 Å². The fourth-order valence-corrected chi connectivity index (χ4v) is 3.58.